The molecule has 0 radical (unpaired) electrons. The van der Waals surface area contributed by atoms with Gasteiger partial charge < -0.3 is 16.2 Å². The van der Waals surface area contributed by atoms with Crippen molar-refractivity contribution in [1.29, 1.82) is 0 Å². The summed E-state index contributed by atoms with van der Waals surface area (Å²) in [4.78, 5) is 4.03. The van der Waals surface area contributed by atoms with E-state index in [1.807, 2.05) is 6.92 Å². The number of nitrogens with one attached hydrogen (secondary N) is 1. The van der Waals surface area contributed by atoms with E-state index < -0.39 is 0 Å². The van der Waals surface area contributed by atoms with Gasteiger partial charge >= 0.3 is 0 Å². The van der Waals surface area contributed by atoms with Crippen molar-refractivity contribution in [3.05, 3.63) is 17.3 Å². The predicted octanol–water partition coefficient (Wildman–Crippen LogP) is 1.89. The lowest BCUT2D eigenvalue weighted by Gasteiger charge is -2.12. The standard InChI is InChI=1S/C10H16ClN3O/c1-2-3-8(15)6-14-10-9(12)4-7(11)5-13-10/h4-5,8,15H,2-3,6,12H2,1H3,(H,13,14). The third-order valence-corrected chi connectivity index (χ3v) is 2.22. The van der Waals surface area contributed by atoms with Crippen molar-refractivity contribution in [2.45, 2.75) is 25.9 Å². The average molecular weight is 230 g/mol. The van der Waals surface area contributed by atoms with E-state index in [-0.39, 0.29) is 6.10 Å². The molecule has 84 valence electrons. The second-order valence-corrected chi connectivity index (χ2v) is 3.85. The van der Waals surface area contributed by atoms with E-state index in [1.54, 1.807) is 6.07 Å². The van der Waals surface area contributed by atoms with Gasteiger partial charge in [0.15, 0.2) is 0 Å². The monoisotopic (exact) mass is 229 g/mol. The highest BCUT2D eigenvalue weighted by atomic mass is 35.5. The normalized spacial score (nSPS) is 12.5. The number of nitrogen functional groups attached to an aromatic ring is 1. The lowest BCUT2D eigenvalue weighted by molar-refractivity contribution is 0.176. The molecule has 1 rings (SSSR count). The number of aromatic nitrogens is 1. The number of hydrogen-bond donors (Lipinski definition) is 3. The minimum Gasteiger partial charge on any atom is -0.396 e. The van der Waals surface area contributed by atoms with Crippen molar-refractivity contribution in [3.63, 3.8) is 0 Å². The van der Waals surface area contributed by atoms with Gasteiger partial charge in [-0.3, -0.25) is 0 Å². The van der Waals surface area contributed by atoms with Gasteiger partial charge in [-0.05, 0) is 12.5 Å². The van der Waals surface area contributed by atoms with Gasteiger partial charge in [-0.1, -0.05) is 24.9 Å². The summed E-state index contributed by atoms with van der Waals surface area (Å²) in [6.45, 7) is 2.48. The fraction of sp³-hybridized carbons (Fsp3) is 0.500. The van der Waals surface area contributed by atoms with E-state index in [0.29, 0.717) is 23.1 Å². The van der Waals surface area contributed by atoms with Crippen LogP contribution in [0.15, 0.2) is 12.3 Å². The molecule has 0 aliphatic heterocycles. The summed E-state index contributed by atoms with van der Waals surface area (Å²) in [6, 6.07) is 1.63. The molecular formula is C10H16ClN3O. The van der Waals surface area contributed by atoms with E-state index in [9.17, 15) is 5.11 Å². The van der Waals surface area contributed by atoms with Gasteiger partial charge in [0.05, 0.1) is 16.8 Å². The molecule has 1 aromatic rings. The third kappa shape index (κ3) is 3.93. The first-order valence-corrected chi connectivity index (χ1v) is 5.34. The van der Waals surface area contributed by atoms with Crippen LogP contribution in [0.4, 0.5) is 11.5 Å². The Morgan fingerprint density at radius 3 is 3.00 bits per heavy atom. The third-order valence-electron chi connectivity index (χ3n) is 2.01. The van der Waals surface area contributed by atoms with Crippen LogP contribution in [0.3, 0.4) is 0 Å². The molecule has 0 saturated heterocycles. The second-order valence-electron chi connectivity index (χ2n) is 3.41. The van der Waals surface area contributed by atoms with Crippen molar-refractivity contribution in [3.8, 4) is 0 Å². The average Bonchev–Trinajstić information content (AvgIpc) is 2.17. The topological polar surface area (TPSA) is 71.2 Å². The summed E-state index contributed by atoms with van der Waals surface area (Å²) >= 11 is 5.71. The molecule has 0 aliphatic rings. The first-order valence-electron chi connectivity index (χ1n) is 4.96. The number of aliphatic hydroxyl groups is 1. The smallest absolute Gasteiger partial charge is 0.149 e. The Bertz CT molecular complexity index is 320. The first-order chi connectivity index (χ1) is 7.13. The number of aliphatic hydroxyl groups excluding tert-OH is 1. The number of halogens is 1. The summed E-state index contributed by atoms with van der Waals surface area (Å²) in [7, 11) is 0. The fourth-order valence-corrected chi connectivity index (χ4v) is 1.42. The van der Waals surface area contributed by atoms with Crippen LogP contribution >= 0.6 is 11.6 Å². The molecular weight excluding hydrogens is 214 g/mol. The van der Waals surface area contributed by atoms with Crippen LogP contribution in [-0.4, -0.2) is 22.7 Å². The van der Waals surface area contributed by atoms with E-state index in [2.05, 4.69) is 10.3 Å². The van der Waals surface area contributed by atoms with Crippen molar-refractivity contribution in [2.75, 3.05) is 17.6 Å². The van der Waals surface area contributed by atoms with Crippen molar-refractivity contribution < 1.29 is 5.11 Å². The molecule has 0 saturated carbocycles. The van der Waals surface area contributed by atoms with Gasteiger partial charge in [-0.15, -0.1) is 0 Å². The zero-order valence-corrected chi connectivity index (χ0v) is 9.46. The Hall–Kier alpha value is -1.00. The van der Waals surface area contributed by atoms with Gasteiger partial charge in [-0.25, -0.2) is 4.98 Å². The van der Waals surface area contributed by atoms with Crippen LogP contribution in [0.25, 0.3) is 0 Å². The molecule has 1 heterocycles. The molecule has 0 fully saturated rings. The van der Waals surface area contributed by atoms with Crippen molar-refractivity contribution in [2.24, 2.45) is 0 Å². The van der Waals surface area contributed by atoms with E-state index in [0.717, 1.165) is 12.8 Å². The Balaban J connectivity index is 2.50. The van der Waals surface area contributed by atoms with Crippen LogP contribution in [0, 0.1) is 0 Å². The molecule has 15 heavy (non-hydrogen) atoms. The van der Waals surface area contributed by atoms with E-state index in [1.165, 1.54) is 6.20 Å². The summed E-state index contributed by atoms with van der Waals surface area (Å²) in [6.07, 6.45) is 2.87. The Morgan fingerprint density at radius 2 is 2.40 bits per heavy atom. The highest BCUT2D eigenvalue weighted by Gasteiger charge is 2.05. The Labute approximate surface area is 94.5 Å². The molecule has 4 N–H and O–H groups in total. The van der Waals surface area contributed by atoms with Crippen LogP contribution in [0.5, 0.6) is 0 Å². The number of anilines is 2. The maximum atomic E-state index is 9.50. The van der Waals surface area contributed by atoms with Crippen LogP contribution in [-0.2, 0) is 0 Å². The predicted molar refractivity (Wildman–Crippen MR) is 63.1 cm³/mol. The molecule has 1 unspecified atom stereocenters. The van der Waals surface area contributed by atoms with Gasteiger partial charge in [0.2, 0.25) is 0 Å². The Kier molecular flexibility index (Phi) is 4.65. The Morgan fingerprint density at radius 1 is 1.67 bits per heavy atom. The summed E-state index contributed by atoms with van der Waals surface area (Å²) in [5.41, 5.74) is 6.18. The quantitative estimate of drug-likeness (QED) is 0.721. The number of hydrogen-bond acceptors (Lipinski definition) is 4. The van der Waals surface area contributed by atoms with Gasteiger partial charge in [0.1, 0.15) is 5.82 Å². The van der Waals surface area contributed by atoms with E-state index in [4.69, 9.17) is 17.3 Å². The highest BCUT2D eigenvalue weighted by Crippen LogP contribution is 2.19. The molecule has 4 nitrogen and oxygen atoms in total. The molecule has 1 aromatic heterocycles. The van der Waals surface area contributed by atoms with E-state index >= 15 is 0 Å². The van der Waals surface area contributed by atoms with Gasteiger partial charge in [0.25, 0.3) is 0 Å². The SMILES string of the molecule is CCCC(O)CNc1ncc(Cl)cc1N. The zero-order valence-electron chi connectivity index (χ0n) is 8.70. The number of rotatable bonds is 5. The molecule has 0 aromatic carbocycles. The number of nitrogens with two attached hydrogens (primary N) is 1. The molecule has 0 bridgehead atoms. The maximum Gasteiger partial charge on any atom is 0.149 e. The maximum absolute atomic E-state index is 9.50. The highest BCUT2D eigenvalue weighted by molar-refractivity contribution is 6.30. The lowest BCUT2D eigenvalue weighted by Crippen LogP contribution is -2.20. The summed E-state index contributed by atoms with van der Waals surface area (Å²) in [5.74, 6) is 0.564. The van der Waals surface area contributed by atoms with Crippen molar-refractivity contribution in [1.82, 2.24) is 4.98 Å². The summed E-state index contributed by atoms with van der Waals surface area (Å²) in [5, 5.41) is 13.0. The van der Waals surface area contributed by atoms with Crippen LogP contribution < -0.4 is 11.1 Å². The largest absolute Gasteiger partial charge is 0.396 e. The second kappa shape index (κ2) is 5.78. The minimum absolute atomic E-state index is 0.369. The molecule has 1 atom stereocenters. The lowest BCUT2D eigenvalue weighted by atomic mass is 10.2. The zero-order chi connectivity index (χ0) is 11.3. The fourth-order valence-electron chi connectivity index (χ4n) is 1.25. The number of pyridine rings is 1. The van der Waals surface area contributed by atoms with Crippen molar-refractivity contribution >= 4 is 23.1 Å². The van der Waals surface area contributed by atoms with Crippen LogP contribution in [0.1, 0.15) is 19.8 Å². The number of nitrogens with zero attached hydrogens (tertiary/aromatic N) is 1. The molecule has 0 aliphatic carbocycles. The molecule has 0 spiro atoms. The first kappa shape index (κ1) is 12.1. The van der Waals surface area contributed by atoms with Gasteiger partial charge in [-0.2, -0.15) is 0 Å². The summed E-state index contributed by atoms with van der Waals surface area (Å²) < 4.78 is 0. The molecule has 0 amide bonds. The minimum atomic E-state index is -0.369. The van der Waals surface area contributed by atoms with Gasteiger partial charge in [0, 0.05) is 12.7 Å². The molecule has 5 heteroatoms. The van der Waals surface area contributed by atoms with Crippen LogP contribution in [0.2, 0.25) is 5.02 Å².